The molecule has 0 unspecified atom stereocenters. The smallest absolute Gasteiger partial charge is 0.262 e. The quantitative estimate of drug-likeness (QED) is 0.310. The van der Waals surface area contributed by atoms with Gasteiger partial charge in [-0.25, -0.2) is 0 Å². The van der Waals surface area contributed by atoms with Crippen molar-refractivity contribution in [3.8, 4) is 28.7 Å². The van der Waals surface area contributed by atoms with Crippen molar-refractivity contribution in [2.75, 3.05) is 31.5 Å². The average molecular weight is 500 g/mol. The molecule has 9 nitrogen and oxygen atoms in total. The van der Waals surface area contributed by atoms with Crippen LogP contribution < -0.4 is 29.6 Å². The number of nitrogens with one attached hydrogen (secondary N) is 2. The predicted molar refractivity (Wildman–Crippen MR) is 139 cm³/mol. The standard InChI is InChI=1S/C28H25N3O6/c1-34-24-6-4-3-5-23(24)31-27(32)18-36-25-12-7-19(17-26(25)35-2)28(33)30-20-8-10-21(11-9-20)37-22-13-15-29-16-14-22/h3-17H,18H2,1-2H3,(H,30,33)(H,31,32). The minimum absolute atomic E-state index is 0.256. The first-order valence-corrected chi connectivity index (χ1v) is 11.3. The summed E-state index contributed by atoms with van der Waals surface area (Å²) in [5, 5.41) is 5.57. The normalized spacial score (nSPS) is 10.2. The predicted octanol–water partition coefficient (Wildman–Crippen LogP) is 5.16. The molecule has 1 aromatic heterocycles. The minimum Gasteiger partial charge on any atom is -0.495 e. The number of aromatic nitrogens is 1. The first kappa shape index (κ1) is 25.1. The Kier molecular flexibility index (Phi) is 8.18. The summed E-state index contributed by atoms with van der Waals surface area (Å²) in [7, 11) is 2.98. The second kappa shape index (κ2) is 12.1. The lowest BCUT2D eigenvalue weighted by Gasteiger charge is -2.13. The maximum Gasteiger partial charge on any atom is 0.262 e. The Hall–Kier alpha value is -5.05. The van der Waals surface area contributed by atoms with Crippen LogP contribution in [-0.4, -0.2) is 37.6 Å². The molecule has 2 amide bonds. The van der Waals surface area contributed by atoms with E-state index in [0.717, 1.165) is 0 Å². The summed E-state index contributed by atoms with van der Waals surface area (Å²) in [5.74, 6) is 1.78. The van der Waals surface area contributed by atoms with Crippen molar-refractivity contribution < 1.29 is 28.5 Å². The number of carbonyl (C=O) groups excluding carboxylic acids is 2. The van der Waals surface area contributed by atoms with Gasteiger partial charge in [-0.2, -0.15) is 0 Å². The molecule has 0 saturated heterocycles. The molecule has 37 heavy (non-hydrogen) atoms. The topological polar surface area (TPSA) is 108 Å². The molecule has 2 N–H and O–H groups in total. The van der Waals surface area contributed by atoms with E-state index in [1.807, 2.05) is 0 Å². The Labute approximate surface area is 214 Å². The van der Waals surface area contributed by atoms with E-state index >= 15 is 0 Å². The zero-order chi connectivity index (χ0) is 26.0. The third-order valence-electron chi connectivity index (χ3n) is 5.16. The summed E-state index contributed by atoms with van der Waals surface area (Å²) >= 11 is 0. The molecule has 3 aromatic carbocycles. The van der Waals surface area contributed by atoms with Crippen molar-refractivity contribution in [2.45, 2.75) is 0 Å². The van der Waals surface area contributed by atoms with Gasteiger partial charge in [-0.15, -0.1) is 0 Å². The van der Waals surface area contributed by atoms with Crippen LogP contribution in [0.2, 0.25) is 0 Å². The van der Waals surface area contributed by atoms with E-state index in [-0.39, 0.29) is 18.4 Å². The van der Waals surface area contributed by atoms with Crippen molar-refractivity contribution in [1.82, 2.24) is 4.98 Å². The molecule has 0 bridgehead atoms. The molecule has 0 aliphatic rings. The van der Waals surface area contributed by atoms with Gasteiger partial charge >= 0.3 is 0 Å². The molecule has 4 aromatic rings. The van der Waals surface area contributed by atoms with Gasteiger partial charge in [0.2, 0.25) is 0 Å². The number of pyridine rings is 1. The van der Waals surface area contributed by atoms with Crippen LogP contribution in [0.3, 0.4) is 0 Å². The molecule has 0 spiro atoms. The second-order valence-electron chi connectivity index (χ2n) is 7.67. The molecular formula is C28H25N3O6. The van der Waals surface area contributed by atoms with Crippen LogP contribution in [0.1, 0.15) is 10.4 Å². The van der Waals surface area contributed by atoms with Crippen LogP contribution in [0, 0.1) is 0 Å². The second-order valence-corrected chi connectivity index (χ2v) is 7.67. The number of nitrogens with zero attached hydrogens (tertiary/aromatic N) is 1. The molecule has 0 aliphatic carbocycles. The lowest BCUT2D eigenvalue weighted by atomic mass is 10.1. The van der Waals surface area contributed by atoms with Gasteiger partial charge in [-0.3, -0.25) is 14.6 Å². The lowest BCUT2D eigenvalue weighted by Crippen LogP contribution is -2.20. The number of amides is 2. The highest BCUT2D eigenvalue weighted by Gasteiger charge is 2.14. The summed E-state index contributed by atoms with van der Waals surface area (Å²) in [6, 6.07) is 22.3. The van der Waals surface area contributed by atoms with Gasteiger partial charge in [-0.1, -0.05) is 12.1 Å². The third-order valence-corrected chi connectivity index (χ3v) is 5.16. The highest BCUT2D eigenvalue weighted by Crippen LogP contribution is 2.29. The Balaban J connectivity index is 1.35. The number of hydrogen-bond acceptors (Lipinski definition) is 7. The number of benzene rings is 3. The number of hydrogen-bond donors (Lipinski definition) is 2. The molecule has 188 valence electrons. The van der Waals surface area contributed by atoms with Crippen molar-refractivity contribution in [3.05, 3.63) is 96.8 Å². The maximum absolute atomic E-state index is 12.8. The lowest BCUT2D eigenvalue weighted by molar-refractivity contribution is -0.118. The first-order chi connectivity index (χ1) is 18.1. The summed E-state index contributed by atoms with van der Waals surface area (Å²) in [6.45, 7) is -0.256. The molecular weight excluding hydrogens is 474 g/mol. The fourth-order valence-electron chi connectivity index (χ4n) is 3.36. The van der Waals surface area contributed by atoms with Crippen LogP contribution in [0.15, 0.2) is 91.3 Å². The Morgan fingerprint density at radius 1 is 0.757 bits per heavy atom. The molecule has 0 fully saturated rings. The SMILES string of the molecule is COc1ccccc1NC(=O)COc1ccc(C(=O)Nc2ccc(Oc3ccncc3)cc2)cc1OC. The number of rotatable bonds is 10. The zero-order valence-electron chi connectivity index (χ0n) is 20.3. The minimum atomic E-state index is -0.371. The Morgan fingerprint density at radius 2 is 1.46 bits per heavy atom. The van der Waals surface area contributed by atoms with Crippen molar-refractivity contribution >= 4 is 23.2 Å². The van der Waals surface area contributed by atoms with Crippen LogP contribution in [0.4, 0.5) is 11.4 Å². The van der Waals surface area contributed by atoms with E-state index in [1.165, 1.54) is 14.2 Å². The molecule has 4 rings (SSSR count). The molecule has 0 saturated carbocycles. The third kappa shape index (κ3) is 6.76. The van der Waals surface area contributed by atoms with E-state index in [0.29, 0.717) is 45.7 Å². The highest BCUT2D eigenvalue weighted by molar-refractivity contribution is 6.04. The van der Waals surface area contributed by atoms with E-state index in [4.69, 9.17) is 18.9 Å². The number of carbonyl (C=O) groups is 2. The summed E-state index contributed by atoms with van der Waals surface area (Å²) < 4.78 is 22.0. The number of ether oxygens (including phenoxy) is 4. The van der Waals surface area contributed by atoms with E-state index < -0.39 is 0 Å². The molecule has 1 heterocycles. The fourth-order valence-corrected chi connectivity index (χ4v) is 3.36. The zero-order valence-corrected chi connectivity index (χ0v) is 20.3. The van der Waals surface area contributed by atoms with Gasteiger partial charge in [0.1, 0.15) is 17.2 Å². The molecule has 0 aliphatic heterocycles. The monoisotopic (exact) mass is 499 g/mol. The van der Waals surface area contributed by atoms with Crippen LogP contribution in [0.5, 0.6) is 28.7 Å². The number of para-hydroxylation sites is 2. The van der Waals surface area contributed by atoms with Gasteiger partial charge in [0.15, 0.2) is 18.1 Å². The average Bonchev–Trinajstić information content (AvgIpc) is 2.93. The highest BCUT2D eigenvalue weighted by atomic mass is 16.5. The van der Waals surface area contributed by atoms with Gasteiger partial charge in [0, 0.05) is 23.6 Å². The van der Waals surface area contributed by atoms with E-state index in [2.05, 4.69) is 15.6 Å². The van der Waals surface area contributed by atoms with E-state index in [1.54, 1.807) is 91.3 Å². The van der Waals surface area contributed by atoms with Crippen molar-refractivity contribution in [1.29, 1.82) is 0 Å². The van der Waals surface area contributed by atoms with Gasteiger partial charge in [0.05, 0.1) is 19.9 Å². The van der Waals surface area contributed by atoms with Crippen molar-refractivity contribution in [3.63, 3.8) is 0 Å². The van der Waals surface area contributed by atoms with Crippen LogP contribution in [-0.2, 0) is 4.79 Å². The maximum atomic E-state index is 12.8. The van der Waals surface area contributed by atoms with Gasteiger partial charge in [-0.05, 0) is 66.7 Å². The van der Waals surface area contributed by atoms with E-state index in [9.17, 15) is 9.59 Å². The van der Waals surface area contributed by atoms with Crippen LogP contribution >= 0.6 is 0 Å². The fraction of sp³-hybridized carbons (Fsp3) is 0.107. The summed E-state index contributed by atoms with van der Waals surface area (Å²) in [4.78, 5) is 29.1. The number of anilines is 2. The van der Waals surface area contributed by atoms with Gasteiger partial charge in [0.25, 0.3) is 11.8 Å². The largest absolute Gasteiger partial charge is 0.495 e. The van der Waals surface area contributed by atoms with Gasteiger partial charge < -0.3 is 29.6 Å². The van der Waals surface area contributed by atoms with Crippen LogP contribution in [0.25, 0.3) is 0 Å². The Morgan fingerprint density at radius 3 is 2.19 bits per heavy atom. The summed E-state index contributed by atoms with van der Waals surface area (Å²) in [5.41, 5.74) is 1.49. The molecule has 0 radical (unpaired) electrons. The Bertz CT molecular complexity index is 1360. The molecule has 9 heteroatoms. The molecule has 0 atom stereocenters. The van der Waals surface area contributed by atoms with Crippen molar-refractivity contribution in [2.24, 2.45) is 0 Å². The number of methoxy groups -OCH3 is 2. The first-order valence-electron chi connectivity index (χ1n) is 11.3. The summed E-state index contributed by atoms with van der Waals surface area (Å²) in [6.07, 6.45) is 3.29.